The molecule has 1 aromatic heterocycles. The number of benzene rings is 2. The van der Waals surface area contributed by atoms with E-state index in [0.29, 0.717) is 11.4 Å². The third kappa shape index (κ3) is 2.05. The number of H-pyrrole nitrogens is 1. The van der Waals surface area contributed by atoms with E-state index in [-0.39, 0.29) is 5.82 Å². The van der Waals surface area contributed by atoms with Gasteiger partial charge >= 0.3 is 0 Å². The molecule has 96 valence electrons. The standard InChI is InChI=1S/C15H13FN2O/c1-9-3-5-11(12(16)7-9)15-17-13-6-4-10(19-2)8-14(13)18-15/h3-8H,1-2H3,(H,17,18). The molecule has 0 bridgehead atoms. The predicted molar refractivity (Wildman–Crippen MR) is 72.8 cm³/mol. The topological polar surface area (TPSA) is 37.9 Å². The van der Waals surface area contributed by atoms with Crippen LogP contribution in [0.1, 0.15) is 5.56 Å². The summed E-state index contributed by atoms with van der Waals surface area (Å²) < 4.78 is 19.1. The first kappa shape index (κ1) is 11.7. The van der Waals surface area contributed by atoms with Crippen molar-refractivity contribution in [3.05, 3.63) is 47.8 Å². The van der Waals surface area contributed by atoms with Crippen LogP contribution in [0.5, 0.6) is 5.75 Å². The molecule has 0 saturated heterocycles. The van der Waals surface area contributed by atoms with Gasteiger partial charge in [0.25, 0.3) is 0 Å². The number of aryl methyl sites for hydroxylation is 1. The molecule has 4 heteroatoms. The lowest BCUT2D eigenvalue weighted by molar-refractivity contribution is 0.415. The van der Waals surface area contributed by atoms with E-state index >= 15 is 0 Å². The summed E-state index contributed by atoms with van der Waals surface area (Å²) in [5.41, 5.74) is 2.98. The molecule has 3 aromatic rings. The number of nitrogens with one attached hydrogen (secondary N) is 1. The second kappa shape index (κ2) is 4.39. The minimum absolute atomic E-state index is 0.272. The lowest BCUT2D eigenvalue weighted by Crippen LogP contribution is -1.87. The zero-order valence-corrected chi connectivity index (χ0v) is 10.7. The minimum Gasteiger partial charge on any atom is -0.497 e. The summed E-state index contributed by atoms with van der Waals surface area (Å²) in [7, 11) is 1.61. The third-order valence-electron chi connectivity index (χ3n) is 3.07. The molecular formula is C15H13FN2O. The number of hydrogen-bond acceptors (Lipinski definition) is 2. The molecule has 2 aromatic carbocycles. The highest BCUT2D eigenvalue weighted by Gasteiger charge is 2.10. The molecule has 0 fully saturated rings. The van der Waals surface area contributed by atoms with Crippen LogP contribution in [0.25, 0.3) is 22.4 Å². The number of aromatic nitrogens is 2. The first-order valence-corrected chi connectivity index (χ1v) is 5.97. The second-order valence-corrected chi connectivity index (χ2v) is 4.45. The fourth-order valence-electron chi connectivity index (χ4n) is 2.06. The normalized spacial score (nSPS) is 10.9. The summed E-state index contributed by atoms with van der Waals surface area (Å²) in [4.78, 5) is 7.51. The highest BCUT2D eigenvalue weighted by atomic mass is 19.1. The molecular weight excluding hydrogens is 243 g/mol. The summed E-state index contributed by atoms with van der Waals surface area (Å²) in [6, 6.07) is 10.6. The zero-order chi connectivity index (χ0) is 13.4. The predicted octanol–water partition coefficient (Wildman–Crippen LogP) is 3.69. The van der Waals surface area contributed by atoms with E-state index in [4.69, 9.17) is 4.74 Å². The fourth-order valence-corrected chi connectivity index (χ4v) is 2.06. The average Bonchev–Trinajstić information content (AvgIpc) is 2.80. The molecule has 0 aliphatic heterocycles. The molecule has 0 atom stereocenters. The smallest absolute Gasteiger partial charge is 0.141 e. The third-order valence-corrected chi connectivity index (χ3v) is 3.07. The number of fused-ring (bicyclic) bond motifs is 1. The molecule has 0 aliphatic rings. The van der Waals surface area contributed by atoms with E-state index < -0.39 is 0 Å². The van der Waals surface area contributed by atoms with Gasteiger partial charge < -0.3 is 9.72 Å². The van der Waals surface area contributed by atoms with E-state index in [1.165, 1.54) is 6.07 Å². The Hall–Kier alpha value is -2.36. The van der Waals surface area contributed by atoms with Crippen LogP contribution in [-0.2, 0) is 0 Å². The van der Waals surface area contributed by atoms with Crippen LogP contribution < -0.4 is 4.74 Å². The highest BCUT2D eigenvalue weighted by molar-refractivity contribution is 5.80. The highest BCUT2D eigenvalue weighted by Crippen LogP contribution is 2.25. The monoisotopic (exact) mass is 256 g/mol. The van der Waals surface area contributed by atoms with Gasteiger partial charge in [-0.25, -0.2) is 9.37 Å². The molecule has 19 heavy (non-hydrogen) atoms. The van der Waals surface area contributed by atoms with E-state index in [1.807, 2.05) is 31.2 Å². The van der Waals surface area contributed by atoms with Gasteiger partial charge in [-0.05, 0) is 36.8 Å². The van der Waals surface area contributed by atoms with Crippen molar-refractivity contribution in [3.63, 3.8) is 0 Å². The van der Waals surface area contributed by atoms with Crippen molar-refractivity contribution in [1.29, 1.82) is 0 Å². The number of aromatic amines is 1. The van der Waals surface area contributed by atoms with Crippen LogP contribution in [0.2, 0.25) is 0 Å². The van der Waals surface area contributed by atoms with Gasteiger partial charge in [-0.3, -0.25) is 0 Å². The van der Waals surface area contributed by atoms with Gasteiger partial charge in [-0.15, -0.1) is 0 Å². The van der Waals surface area contributed by atoms with Gasteiger partial charge in [-0.1, -0.05) is 6.07 Å². The summed E-state index contributed by atoms with van der Waals surface area (Å²) >= 11 is 0. The molecule has 1 heterocycles. The van der Waals surface area contributed by atoms with Gasteiger partial charge in [0.15, 0.2) is 0 Å². The second-order valence-electron chi connectivity index (χ2n) is 4.45. The van der Waals surface area contributed by atoms with Crippen LogP contribution >= 0.6 is 0 Å². The number of nitrogens with zero attached hydrogens (tertiary/aromatic N) is 1. The van der Waals surface area contributed by atoms with Crippen molar-refractivity contribution in [1.82, 2.24) is 9.97 Å². The number of hydrogen-bond donors (Lipinski definition) is 1. The lowest BCUT2D eigenvalue weighted by Gasteiger charge is -2.00. The lowest BCUT2D eigenvalue weighted by atomic mass is 10.1. The SMILES string of the molecule is COc1ccc2nc(-c3ccc(C)cc3F)[nH]c2c1. The van der Waals surface area contributed by atoms with E-state index in [2.05, 4.69) is 9.97 Å². The molecule has 0 amide bonds. The van der Waals surface area contributed by atoms with Crippen LogP contribution in [0.3, 0.4) is 0 Å². The molecule has 0 unspecified atom stereocenters. The number of ether oxygens (including phenoxy) is 1. The molecule has 3 rings (SSSR count). The molecule has 0 radical (unpaired) electrons. The molecule has 3 nitrogen and oxygen atoms in total. The fraction of sp³-hybridized carbons (Fsp3) is 0.133. The Morgan fingerprint density at radius 1 is 1.16 bits per heavy atom. The zero-order valence-electron chi connectivity index (χ0n) is 10.7. The van der Waals surface area contributed by atoms with Crippen molar-refractivity contribution in [2.24, 2.45) is 0 Å². The Kier molecular flexibility index (Phi) is 2.71. The largest absolute Gasteiger partial charge is 0.497 e. The van der Waals surface area contributed by atoms with Gasteiger partial charge in [0, 0.05) is 6.07 Å². The van der Waals surface area contributed by atoms with E-state index in [0.717, 1.165) is 22.3 Å². The maximum Gasteiger partial charge on any atom is 0.141 e. The first-order valence-electron chi connectivity index (χ1n) is 5.97. The van der Waals surface area contributed by atoms with Crippen LogP contribution in [0.4, 0.5) is 4.39 Å². The average molecular weight is 256 g/mol. The van der Waals surface area contributed by atoms with Gasteiger partial charge in [0.1, 0.15) is 17.4 Å². The quantitative estimate of drug-likeness (QED) is 0.759. The van der Waals surface area contributed by atoms with Crippen molar-refractivity contribution >= 4 is 11.0 Å². The Morgan fingerprint density at radius 3 is 2.74 bits per heavy atom. The number of rotatable bonds is 2. The number of imidazole rings is 1. The van der Waals surface area contributed by atoms with Gasteiger partial charge in [0.2, 0.25) is 0 Å². The van der Waals surface area contributed by atoms with Crippen LogP contribution in [-0.4, -0.2) is 17.1 Å². The Balaban J connectivity index is 2.14. The van der Waals surface area contributed by atoms with Crippen LogP contribution in [0, 0.1) is 12.7 Å². The van der Waals surface area contributed by atoms with Gasteiger partial charge in [0.05, 0.1) is 23.7 Å². The Morgan fingerprint density at radius 2 is 2.00 bits per heavy atom. The Labute approximate surface area is 110 Å². The number of halogens is 1. The molecule has 0 aliphatic carbocycles. The minimum atomic E-state index is -0.272. The number of methoxy groups -OCH3 is 1. The Bertz CT molecular complexity index is 749. The van der Waals surface area contributed by atoms with Crippen molar-refractivity contribution in [2.75, 3.05) is 7.11 Å². The summed E-state index contributed by atoms with van der Waals surface area (Å²) in [5, 5.41) is 0. The maximum absolute atomic E-state index is 13.9. The molecule has 0 spiro atoms. The first-order chi connectivity index (χ1) is 9.17. The van der Waals surface area contributed by atoms with Crippen molar-refractivity contribution in [3.8, 4) is 17.1 Å². The summed E-state index contributed by atoms with van der Waals surface area (Å²) in [6.45, 7) is 1.86. The summed E-state index contributed by atoms with van der Waals surface area (Å²) in [6.07, 6.45) is 0. The van der Waals surface area contributed by atoms with E-state index in [9.17, 15) is 4.39 Å². The van der Waals surface area contributed by atoms with E-state index in [1.54, 1.807) is 13.2 Å². The maximum atomic E-state index is 13.9. The van der Waals surface area contributed by atoms with Crippen LogP contribution in [0.15, 0.2) is 36.4 Å². The summed E-state index contributed by atoms with van der Waals surface area (Å²) in [5.74, 6) is 0.999. The van der Waals surface area contributed by atoms with Crippen molar-refractivity contribution in [2.45, 2.75) is 6.92 Å². The van der Waals surface area contributed by atoms with Crippen molar-refractivity contribution < 1.29 is 9.13 Å². The molecule has 1 N–H and O–H groups in total. The molecule has 0 saturated carbocycles. The van der Waals surface area contributed by atoms with Gasteiger partial charge in [-0.2, -0.15) is 0 Å².